The Hall–Kier alpha value is -2.02. The predicted octanol–water partition coefficient (Wildman–Crippen LogP) is 0.978. The maximum absolute atomic E-state index is 11.9. The normalized spacial score (nSPS) is 14.9. The number of imidazole rings is 1. The molecule has 98 valence electrons. The number of imide groups is 1. The Kier molecular flexibility index (Phi) is 3.12. The summed E-state index contributed by atoms with van der Waals surface area (Å²) >= 11 is 1.33. The Morgan fingerprint density at radius 3 is 3.16 bits per heavy atom. The number of nitrogens with zero attached hydrogens (tertiary/aromatic N) is 3. The lowest BCUT2D eigenvalue weighted by Gasteiger charge is -2.11. The average molecular weight is 276 g/mol. The number of amides is 3. The van der Waals surface area contributed by atoms with Crippen LogP contribution in [-0.2, 0) is 4.79 Å². The quantitative estimate of drug-likeness (QED) is 0.849. The van der Waals surface area contributed by atoms with Crippen molar-refractivity contribution in [1.82, 2.24) is 19.6 Å². The minimum Gasteiger partial charge on any atom is -0.336 e. The fraction of sp³-hybridized carbons (Fsp3) is 0.250. The largest absolute Gasteiger partial charge is 0.336 e. The summed E-state index contributed by atoms with van der Waals surface area (Å²) in [4.78, 5) is 28.8. The highest BCUT2D eigenvalue weighted by atomic mass is 32.2. The fourth-order valence-electron chi connectivity index (χ4n) is 1.94. The zero-order valence-electron chi connectivity index (χ0n) is 10.1. The molecule has 2 aromatic heterocycles. The predicted molar refractivity (Wildman–Crippen MR) is 71.0 cm³/mol. The molecule has 0 bridgehead atoms. The van der Waals surface area contributed by atoms with Crippen molar-refractivity contribution in [2.24, 2.45) is 0 Å². The zero-order valence-corrected chi connectivity index (χ0v) is 10.9. The van der Waals surface area contributed by atoms with Crippen molar-refractivity contribution in [3.8, 4) is 0 Å². The van der Waals surface area contributed by atoms with Gasteiger partial charge in [-0.05, 0) is 12.1 Å². The third kappa shape index (κ3) is 2.28. The number of thioether (sulfide) groups is 1. The van der Waals surface area contributed by atoms with Crippen LogP contribution in [0.5, 0.6) is 0 Å². The van der Waals surface area contributed by atoms with Gasteiger partial charge in [-0.3, -0.25) is 14.1 Å². The van der Waals surface area contributed by atoms with E-state index in [1.54, 1.807) is 6.20 Å². The van der Waals surface area contributed by atoms with Crippen LogP contribution in [-0.4, -0.2) is 45.1 Å². The summed E-state index contributed by atoms with van der Waals surface area (Å²) in [7, 11) is 0. The second-order valence-corrected chi connectivity index (χ2v) is 5.04. The smallest absolute Gasteiger partial charge is 0.324 e. The topological polar surface area (TPSA) is 66.7 Å². The van der Waals surface area contributed by atoms with Gasteiger partial charge in [0.05, 0.1) is 17.5 Å². The van der Waals surface area contributed by atoms with Crippen molar-refractivity contribution < 1.29 is 9.59 Å². The summed E-state index contributed by atoms with van der Waals surface area (Å²) in [5, 5.41) is 3.36. The molecule has 0 spiro atoms. The van der Waals surface area contributed by atoms with Gasteiger partial charge in [0.25, 0.3) is 0 Å². The molecule has 0 unspecified atom stereocenters. The van der Waals surface area contributed by atoms with Crippen LogP contribution in [0.1, 0.15) is 0 Å². The fourth-order valence-corrected chi connectivity index (χ4v) is 2.78. The van der Waals surface area contributed by atoms with Crippen LogP contribution in [0.25, 0.3) is 5.52 Å². The van der Waals surface area contributed by atoms with Gasteiger partial charge in [0.1, 0.15) is 0 Å². The molecule has 1 saturated heterocycles. The number of hydrogen-bond donors (Lipinski definition) is 1. The van der Waals surface area contributed by atoms with E-state index in [2.05, 4.69) is 10.3 Å². The monoisotopic (exact) mass is 276 g/mol. The molecular weight excluding hydrogens is 264 g/mol. The van der Waals surface area contributed by atoms with Gasteiger partial charge in [-0.2, -0.15) is 0 Å². The molecule has 0 aliphatic carbocycles. The number of aromatic nitrogens is 2. The van der Waals surface area contributed by atoms with Crippen LogP contribution in [0.4, 0.5) is 4.79 Å². The van der Waals surface area contributed by atoms with Crippen LogP contribution >= 0.6 is 11.8 Å². The van der Waals surface area contributed by atoms with Gasteiger partial charge in [-0.1, -0.05) is 17.8 Å². The molecule has 3 heterocycles. The zero-order chi connectivity index (χ0) is 13.2. The van der Waals surface area contributed by atoms with Gasteiger partial charge in [0.2, 0.25) is 5.91 Å². The molecule has 1 fully saturated rings. The maximum Gasteiger partial charge on any atom is 0.324 e. The number of rotatable bonds is 3. The molecule has 19 heavy (non-hydrogen) atoms. The second kappa shape index (κ2) is 4.93. The summed E-state index contributed by atoms with van der Waals surface area (Å²) in [5.41, 5.74) is 0.983. The van der Waals surface area contributed by atoms with E-state index in [9.17, 15) is 9.59 Å². The first-order valence-electron chi connectivity index (χ1n) is 5.89. The number of carbonyl (C=O) groups is 2. The lowest BCUT2D eigenvalue weighted by Crippen LogP contribution is -2.35. The number of nitrogens with one attached hydrogen (secondary N) is 1. The number of urea groups is 1. The van der Waals surface area contributed by atoms with E-state index >= 15 is 0 Å². The summed E-state index contributed by atoms with van der Waals surface area (Å²) in [6.07, 6.45) is 3.66. The van der Waals surface area contributed by atoms with Gasteiger partial charge in [-0.15, -0.1) is 0 Å². The molecule has 3 rings (SSSR count). The lowest BCUT2D eigenvalue weighted by molar-refractivity contribution is -0.124. The van der Waals surface area contributed by atoms with E-state index in [0.29, 0.717) is 13.1 Å². The van der Waals surface area contributed by atoms with Crippen LogP contribution in [0.3, 0.4) is 0 Å². The van der Waals surface area contributed by atoms with E-state index in [1.165, 1.54) is 16.7 Å². The molecular formula is C12H12N4O2S. The first-order chi connectivity index (χ1) is 9.25. The Morgan fingerprint density at radius 2 is 2.37 bits per heavy atom. The standard InChI is InChI=1S/C12H12N4O2S/c17-10(16-6-4-13-11(16)18)8-19-12-14-7-9-3-1-2-5-15(9)12/h1-3,5,7H,4,6,8H2,(H,13,18). The second-order valence-electron chi connectivity index (χ2n) is 4.10. The highest BCUT2D eigenvalue weighted by Gasteiger charge is 2.26. The Bertz CT molecular complexity index is 639. The first-order valence-corrected chi connectivity index (χ1v) is 6.87. The molecule has 7 heteroatoms. The lowest BCUT2D eigenvalue weighted by atomic mass is 10.4. The minimum absolute atomic E-state index is 0.187. The van der Waals surface area contributed by atoms with Crippen molar-refractivity contribution in [3.63, 3.8) is 0 Å². The van der Waals surface area contributed by atoms with Gasteiger partial charge >= 0.3 is 6.03 Å². The number of hydrogen-bond acceptors (Lipinski definition) is 4. The van der Waals surface area contributed by atoms with Gasteiger partial charge < -0.3 is 5.32 Å². The SMILES string of the molecule is O=C(CSc1ncc2ccccn12)N1CCNC1=O. The molecule has 0 radical (unpaired) electrons. The Morgan fingerprint density at radius 1 is 1.47 bits per heavy atom. The van der Waals surface area contributed by atoms with Crippen LogP contribution in [0, 0.1) is 0 Å². The number of fused-ring (bicyclic) bond motifs is 1. The van der Waals surface area contributed by atoms with E-state index in [-0.39, 0.29) is 17.7 Å². The molecule has 3 amide bonds. The maximum atomic E-state index is 11.9. The molecule has 0 aromatic carbocycles. The molecule has 0 saturated carbocycles. The van der Waals surface area contributed by atoms with E-state index < -0.39 is 0 Å². The van der Waals surface area contributed by atoms with Crippen molar-refractivity contribution >= 4 is 29.2 Å². The van der Waals surface area contributed by atoms with E-state index in [1.807, 2.05) is 28.8 Å². The molecule has 1 aliphatic rings. The molecule has 0 atom stereocenters. The summed E-state index contributed by atoms with van der Waals surface area (Å²) in [6, 6.07) is 5.49. The first kappa shape index (κ1) is 12.0. The van der Waals surface area contributed by atoms with Crippen LogP contribution in [0.2, 0.25) is 0 Å². The minimum atomic E-state index is -0.307. The van der Waals surface area contributed by atoms with Crippen molar-refractivity contribution in [2.75, 3.05) is 18.8 Å². The molecule has 1 aliphatic heterocycles. The number of pyridine rings is 1. The Labute approximate surface area is 113 Å². The van der Waals surface area contributed by atoms with Crippen molar-refractivity contribution in [2.45, 2.75) is 5.16 Å². The van der Waals surface area contributed by atoms with E-state index in [0.717, 1.165) is 10.7 Å². The van der Waals surface area contributed by atoms with Gasteiger partial charge in [-0.25, -0.2) is 9.78 Å². The Balaban J connectivity index is 1.69. The van der Waals surface area contributed by atoms with E-state index in [4.69, 9.17) is 0 Å². The molecule has 6 nitrogen and oxygen atoms in total. The van der Waals surface area contributed by atoms with Gasteiger partial charge in [0.15, 0.2) is 5.16 Å². The van der Waals surface area contributed by atoms with Crippen LogP contribution in [0.15, 0.2) is 35.7 Å². The number of carbonyl (C=O) groups excluding carboxylic acids is 2. The summed E-state index contributed by atoms with van der Waals surface area (Å²) in [6.45, 7) is 0.974. The average Bonchev–Trinajstić information content (AvgIpc) is 3.02. The van der Waals surface area contributed by atoms with Gasteiger partial charge in [0, 0.05) is 19.3 Å². The molecule has 2 aromatic rings. The summed E-state index contributed by atoms with van der Waals surface area (Å²) in [5.74, 6) is 0.0224. The van der Waals surface area contributed by atoms with Crippen molar-refractivity contribution in [3.05, 3.63) is 30.6 Å². The highest BCUT2D eigenvalue weighted by Crippen LogP contribution is 2.19. The molecule has 1 N–H and O–H groups in total. The van der Waals surface area contributed by atoms with Crippen molar-refractivity contribution in [1.29, 1.82) is 0 Å². The van der Waals surface area contributed by atoms with Crippen LogP contribution < -0.4 is 5.32 Å². The third-order valence-electron chi connectivity index (χ3n) is 2.89. The summed E-state index contributed by atoms with van der Waals surface area (Å²) < 4.78 is 1.92. The highest BCUT2D eigenvalue weighted by molar-refractivity contribution is 7.99. The third-order valence-corrected chi connectivity index (χ3v) is 3.84.